The molecule has 1 unspecified atom stereocenters. The van der Waals surface area contributed by atoms with Crippen molar-refractivity contribution in [1.82, 2.24) is 14.1 Å². The molecule has 8 heteroatoms. The van der Waals surface area contributed by atoms with Crippen LogP contribution in [0.1, 0.15) is 18.4 Å². The lowest BCUT2D eigenvalue weighted by atomic mass is 9.97. The lowest BCUT2D eigenvalue weighted by Gasteiger charge is -2.38. The maximum absolute atomic E-state index is 13.3. The van der Waals surface area contributed by atoms with Gasteiger partial charge in [0, 0.05) is 45.8 Å². The normalized spacial score (nSPS) is 23.2. The molecular weight excluding hydrogens is 357 g/mol. The third-order valence-electron chi connectivity index (χ3n) is 5.18. The number of hydrogen-bond acceptors (Lipinski definition) is 4. The number of amides is 1. The van der Waals surface area contributed by atoms with E-state index in [1.165, 1.54) is 16.6 Å². The summed E-state index contributed by atoms with van der Waals surface area (Å²) in [7, 11) is -3.25. The lowest BCUT2D eigenvalue weighted by molar-refractivity contribution is -0.138. The van der Waals surface area contributed by atoms with Gasteiger partial charge in [0.2, 0.25) is 15.9 Å². The Labute approximate surface area is 154 Å². The third-order valence-corrected chi connectivity index (χ3v) is 6.45. The molecule has 0 aromatic heterocycles. The van der Waals surface area contributed by atoms with Crippen molar-refractivity contribution in [2.45, 2.75) is 19.4 Å². The number of piperazine rings is 1. The molecule has 2 saturated heterocycles. The van der Waals surface area contributed by atoms with E-state index in [9.17, 15) is 17.6 Å². The van der Waals surface area contributed by atoms with Crippen molar-refractivity contribution >= 4 is 15.9 Å². The van der Waals surface area contributed by atoms with E-state index in [1.54, 1.807) is 12.1 Å². The minimum absolute atomic E-state index is 0.0590. The Morgan fingerprint density at radius 1 is 1.19 bits per heavy atom. The summed E-state index contributed by atoms with van der Waals surface area (Å²) in [4.78, 5) is 16.8. The van der Waals surface area contributed by atoms with Crippen LogP contribution in [0.2, 0.25) is 0 Å². The number of piperidine rings is 1. The first-order valence-corrected chi connectivity index (χ1v) is 10.9. The Bertz CT molecular complexity index is 748. The van der Waals surface area contributed by atoms with Crippen molar-refractivity contribution in [3.63, 3.8) is 0 Å². The highest BCUT2D eigenvalue weighted by atomic mass is 32.2. The summed E-state index contributed by atoms with van der Waals surface area (Å²) in [5.74, 6) is -0.416. The first-order chi connectivity index (χ1) is 12.3. The molecule has 2 fully saturated rings. The van der Waals surface area contributed by atoms with Crippen molar-refractivity contribution in [2.75, 3.05) is 45.5 Å². The fourth-order valence-electron chi connectivity index (χ4n) is 3.72. The zero-order chi connectivity index (χ0) is 18.7. The first-order valence-electron chi connectivity index (χ1n) is 9.03. The van der Waals surface area contributed by atoms with E-state index in [1.807, 2.05) is 11.0 Å². The van der Waals surface area contributed by atoms with Crippen LogP contribution >= 0.6 is 0 Å². The van der Waals surface area contributed by atoms with Crippen molar-refractivity contribution in [3.8, 4) is 0 Å². The van der Waals surface area contributed by atoms with Crippen molar-refractivity contribution in [1.29, 1.82) is 0 Å². The maximum Gasteiger partial charge on any atom is 0.227 e. The standard InChI is InChI=1S/C18H26FN3O3S/c1-26(24,25)22-7-3-5-16(14-22)18(23)21-10-8-20(9-11-21)13-15-4-2-6-17(19)12-15/h2,4,6,12,16H,3,5,7-11,13-14H2,1H3. The smallest absolute Gasteiger partial charge is 0.227 e. The summed E-state index contributed by atoms with van der Waals surface area (Å²) in [6.45, 7) is 4.21. The molecule has 26 heavy (non-hydrogen) atoms. The van der Waals surface area contributed by atoms with Gasteiger partial charge in [0.25, 0.3) is 0 Å². The van der Waals surface area contributed by atoms with Crippen LogP contribution in [0, 0.1) is 11.7 Å². The Balaban J connectivity index is 1.52. The molecule has 0 bridgehead atoms. The number of rotatable bonds is 4. The van der Waals surface area contributed by atoms with Crippen molar-refractivity contribution in [2.24, 2.45) is 5.92 Å². The van der Waals surface area contributed by atoms with Gasteiger partial charge in [-0.2, -0.15) is 0 Å². The summed E-state index contributed by atoms with van der Waals surface area (Å²) in [5.41, 5.74) is 0.931. The highest BCUT2D eigenvalue weighted by molar-refractivity contribution is 7.88. The van der Waals surface area contributed by atoms with E-state index in [0.717, 1.165) is 31.5 Å². The summed E-state index contributed by atoms with van der Waals surface area (Å²) in [5, 5.41) is 0. The topological polar surface area (TPSA) is 60.9 Å². The summed E-state index contributed by atoms with van der Waals surface area (Å²) >= 11 is 0. The minimum Gasteiger partial charge on any atom is -0.340 e. The highest BCUT2D eigenvalue weighted by Crippen LogP contribution is 2.21. The Morgan fingerprint density at radius 2 is 1.92 bits per heavy atom. The molecule has 144 valence electrons. The van der Waals surface area contributed by atoms with Crippen molar-refractivity contribution in [3.05, 3.63) is 35.6 Å². The van der Waals surface area contributed by atoms with E-state index >= 15 is 0 Å². The number of benzene rings is 1. The van der Waals surface area contributed by atoms with Crippen LogP contribution in [-0.4, -0.2) is 74.0 Å². The number of halogens is 1. The van der Waals surface area contributed by atoms with Crippen LogP contribution < -0.4 is 0 Å². The van der Waals surface area contributed by atoms with E-state index in [2.05, 4.69) is 4.90 Å². The van der Waals surface area contributed by atoms with Crippen LogP contribution in [0.25, 0.3) is 0 Å². The van der Waals surface area contributed by atoms with Crippen LogP contribution in [0.4, 0.5) is 4.39 Å². The first kappa shape index (κ1) is 19.3. The predicted octanol–water partition coefficient (Wildman–Crippen LogP) is 1.14. The van der Waals surface area contributed by atoms with E-state index in [4.69, 9.17) is 0 Å². The molecule has 2 aliphatic heterocycles. The van der Waals surface area contributed by atoms with E-state index < -0.39 is 10.0 Å². The molecule has 0 spiro atoms. The molecule has 3 rings (SSSR count). The molecule has 1 amide bonds. The number of nitrogens with zero attached hydrogens (tertiary/aromatic N) is 3. The molecule has 0 aliphatic carbocycles. The summed E-state index contributed by atoms with van der Waals surface area (Å²) in [6, 6.07) is 6.59. The van der Waals surface area contributed by atoms with Crippen LogP contribution in [0.3, 0.4) is 0 Å². The zero-order valence-electron chi connectivity index (χ0n) is 15.1. The average Bonchev–Trinajstić information content (AvgIpc) is 2.61. The second-order valence-electron chi connectivity index (χ2n) is 7.19. The third kappa shape index (κ3) is 4.81. The lowest BCUT2D eigenvalue weighted by Crippen LogP contribution is -2.52. The molecule has 1 aromatic carbocycles. The Kier molecular flexibility index (Phi) is 5.94. The SMILES string of the molecule is CS(=O)(=O)N1CCCC(C(=O)N2CCN(Cc3cccc(F)c3)CC2)C1. The summed E-state index contributed by atoms with van der Waals surface area (Å²) < 4.78 is 38.2. The maximum atomic E-state index is 13.3. The minimum atomic E-state index is -3.25. The second-order valence-corrected chi connectivity index (χ2v) is 9.17. The molecule has 6 nitrogen and oxygen atoms in total. The van der Waals surface area contributed by atoms with Gasteiger partial charge in [-0.25, -0.2) is 17.1 Å². The largest absolute Gasteiger partial charge is 0.340 e. The quantitative estimate of drug-likeness (QED) is 0.782. The molecule has 0 N–H and O–H groups in total. The van der Waals surface area contributed by atoms with E-state index in [0.29, 0.717) is 32.7 Å². The van der Waals surface area contributed by atoms with Crippen molar-refractivity contribution < 1.29 is 17.6 Å². The van der Waals surface area contributed by atoms with Gasteiger partial charge in [-0.1, -0.05) is 12.1 Å². The number of carbonyl (C=O) groups excluding carboxylic acids is 1. The number of carbonyl (C=O) groups is 1. The molecule has 2 heterocycles. The predicted molar refractivity (Wildman–Crippen MR) is 97.4 cm³/mol. The zero-order valence-corrected chi connectivity index (χ0v) is 15.9. The van der Waals surface area contributed by atoms with Gasteiger partial charge in [0.1, 0.15) is 5.82 Å². The fourth-order valence-corrected chi connectivity index (χ4v) is 4.63. The number of sulfonamides is 1. The Hall–Kier alpha value is -1.51. The number of hydrogen-bond donors (Lipinski definition) is 0. The molecule has 2 aliphatic rings. The van der Waals surface area contributed by atoms with Gasteiger partial charge in [0.15, 0.2) is 0 Å². The van der Waals surface area contributed by atoms with Crippen LogP contribution in [-0.2, 0) is 21.4 Å². The second kappa shape index (κ2) is 8.02. The van der Waals surface area contributed by atoms with Gasteiger partial charge in [-0.05, 0) is 30.5 Å². The van der Waals surface area contributed by atoms with Gasteiger partial charge in [-0.3, -0.25) is 9.69 Å². The molecule has 1 aromatic rings. The van der Waals surface area contributed by atoms with Crippen LogP contribution in [0.15, 0.2) is 24.3 Å². The molecule has 0 saturated carbocycles. The summed E-state index contributed by atoms with van der Waals surface area (Å²) in [6.07, 6.45) is 2.67. The fraction of sp³-hybridized carbons (Fsp3) is 0.611. The van der Waals surface area contributed by atoms with Crippen LogP contribution in [0.5, 0.6) is 0 Å². The molecule has 1 atom stereocenters. The molecule has 0 radical (unpaired) electrons. The van der Waals surface area contributed by atoms with Gasteiger partial charge in [-0.15, -0.1) is 0 Å². The monoisotopic (exact) mass is 383 g/mol. The van der Waals surface area contributed by atoms with Gasteiger partial charge < -0.3 is 4.90 Å². The Morgan fingerprint density at radius 3 is 2.58 bits per heavy atom. The van der Waals surface area contributed by atoms with E-state index in [-0.39, 0.29) is 17.6 Å². The van der Waals surface area contributed by atoms with Gasteiger partial charge in [0.05, 0.1) is 12.2 Å². The highest BCUT2D eigenvalue weighted by Gasteiger charge is 2.33. The molecular formula is C18H26FN3O3S. The average molecular weight is 383 g/mol. The van der Waals surface area contributed by atoms with Gasteiger partial charge >= 0.3 is 0 Å².